The van der Waals surface area contributed by atoms with E-state index in [0.717, 1.165) is 16.7 Å². The predicted molar refractivity (Wildman–Crippen MR) is 179 cm³/mol. The standard InChI is InChI=1S/C34H25Cl2N3O4S2/c1-20-7-5-6-10-24(20)18-43-25-14-11-22(12-15-25)30(40)28-29(23-13-16-26(35)27(36)17-23)39(32(42)31(28)41)33-37-38-34(45-33)44-19-21-8-3-2-4-9-21/h2-17,29,40H,18-19H2,1H3/b30-28+. The number of carbonyl (C=O) groups excluding carboxylic acids is 2. The van der Waals surface area contributed by atoms with Crippen LogP contribution in [0.25, 0.3) is 5.76 Å². The van der Waals surface area contributed by atoms with Crippen molar-refractivity contribution >= 4 is 68.9 Å². The molecule has 2 heterocycles. The fourth-order valence-corrected chi connectivity index (χ4v) is 7.03. The summed E-state index contributed by atoms with van der Waals surface area (Å²) in [6, 6.07) is 28.4. The number of Topliss-reactive ketones (excluding diaryl/α,β-unsaturated/α-hetero) is 1. The molecule has 1 atom stereocenters. The first-order valence-electron chi connectivity index (χ1n) is 13.8. The Hall–Kier alpha value is -4.15. The van der Waals surface area contributed by atoms with Gasteiger partial charge in [0.25, 0.3) is 5.78 Å². The Kier molecular flexibility index (Phi) is 9.23. The highest BCUT2D eigenvalue weighted by molar-refractivity contribution is 8.00. The summed E-state index contributed by atoms with van der Waals surface area (Å²) in [7, 11) is 0. The van der Waals surface area contributed by atoms with Gasteiger partial charge in [-0.05, 0) is 65.6 Å². The van der Waals surface area contributed by atoms with Crippen LogP contribution in [0.5, 0.6) is 5.75 Å². The van der Waals surface area contributed by atoms with Gasteiger partial charge < -0.3 is 9.84 Å². The van der Waals surface area contributed by atoms with E-state index in [9.17, 15) is 14.7 Å². The van der Waals surface area contributed by atoms with Crippen LogP contribution < -0.4 is 9.64 Å². The van der Waals surface area contributed by atoms with E-state index >= 15 is 0 Å². The third-order valence-electron chi connectivity index (χ3n) is 7.29. The molecular weight excluding hydrogens is 649 g/mol. The van der Waals surface area contributed by atoms with Crippen LogP contribution in [0.1, 0.15) is 33.9 Å². The molecule has 1 unspecified atom stereocenters. The Morgan fingerprint density at radius 2 is 1.67 bits per heavy atom. The third kappa shape index (κ3) is 6.62. The van der Waals surface area contributed by atoms with Crippen LogP contribution in [-0.4, -0.2) is 27.0 Å². The largest absolute Gasteiger partial charge is 0.507 e. The second-order valence-electron chi connectivity index (χ2n) is 10.2. The van der Waals surface area contributed by atoms with Crippen LogP contribution in [0.2, 0.25) is 10.0 Å². The smallest absolute Gasteiger partial charge is 0.301 e. The molecule has 7 nitrogen and oxygen atoms in total. The van der Waals surface area contributed by atoms with Gasteiger partial charge in [-0.1, -0.05) is 107 Å². The highest BCUT2D eigenvalue weighted by atomic mass is 35.5. The SMILES string of the molecule is Cc1ccccc1COc1ccc(/C(O)=C2\C(=O)C(=O)N(c3nnc(SCc4ccccc4)s3)C2c2ccc(Cl)c(Cl)c2)cc1. The number of hydrogen-bond donors (Lipinski definition) is 1. The lowest BCUT2D eigenvalue weighted by atomic mass is 9.95. The number of rotatable bonds is 9. The van der Waals surface area contributed by atoms with Gasteiger partial charge in [-0.25, -0.2) is 0 Å². The first kappa shape index (κ1) is 30.9. The molecule has 1 aliphatic heterocycles. The molecule has 11 heteroatoms. The third-order valence-corrected chi connectivity index (χ3v) is 10.2. The van der Waals surface area contributed by atoms with E-state index in [2.05, 4.69) is 10.2 Å². The number of ketones is 1. The molecule has 1 aliphatic rings. The average molecular weight is 675 g/mol. The summed E-state index contributed by atoms with van der Waals surface area (Å²) in [6.07, 6.45) is 0. The molecule has 6 rings (SSSR count). The van der Waals surface area contributed by atoms with Crippen molar-refractivity contribution in [3.8, 4) is 5.75 Å². The normalized spacial score (nSPS) is 15.9. The molecule has 1 amide bonds. The van der Waals surface area contributed by atoms with Gasteiger partial charge in [-0.15, -0.1) is 10.2 Å². The van der Waals surface area contributed by atoms with E-state index < -0.39 is 17.7 Å². The molecule has 1 saturated heterocycles. The molecule has 0 radical (unpaired) electrons. The number of hydrogen-bond acceptors (Lipinski definition) is 8. The number of halogens is 2. The minimum absolute atomic E-state index is 0.0966. The van der Waals surface area contributed by atoms with Crippen molar-refractivity contribution in [3.05, 3.63) is 140 Å². The van der Waals surface area contributed by atoms with Crippen LogP contribution in [0.3, 0.4) is 0 Å². The van der Waals surface area contributed by atoms with Crippen LogP contribution >= 0.6 is 46.3 Å². The van der Waals surface area contributed by atoms with E-state index in [1.54, 1.807) is 42.5 Å². The molecule has 226 valence electrons. The first-order valence-corrected chi connectivity index (χ1v) is 16.4. The number of amides is 1. The molecule has 0 spiro atoms. The van der Waals surface area contributed by atoms with Crippen LogP contribution in [0.15, 0.2) is 107 Å². The van der Waals surface area contributed by atoms with Gasteiger partial charge in [-0.2, -0.15) is 0 Å². The Bertz CT molecular complexity index is 1910. The summed E-state index contributed by atoms with van der Waals surface area (Å²) in [5, 5.41) is 20.8. The van der Waals surface area contributed by atoms with Crippen molar-refractivity contribution in [2.75, 3.05) is 4.90 Å². The number of benzene rings is 4. The van der Waals surface area contributed by atoms with E-state index in [-0.39, 0.29) is 21.5 Å². The van der Waals surface area contributed by atoms with Crippen molar-refractivity contribution < 1.29 is 19.4 Å². The van der Waals surface area contributed by atoms with Gasteiger partial charge >= 0.3 is 5.91 Å². The number of anilines is 1. The van der Waals surface area contributed by atoms with Gasteiger partial charge in [0.05, 0.1) is 21.7 Å². The van der Waals surface area contributed by atoms with E-state index in [0.29, 0.717) is 38.6 Å². The maximum Gasteiger partial charge on any atom is 0.301 e. The summed E-state index contributed by atoms with van der Waals surface area (Å²) in [5.74, 6) is -0.764. The number of thioether (sulfide) groups is 1. The lowest BCUT2D eigenvalue weighted by Crippen LogP contribution is -2.29. The second kappa shape index (κ2) is 13.5. The van der Waals surface area contributed by atoms with Crippen LogP contribution in [0, 0.1) is 6.92 Å². The lowest BCUT2D eigenvalue weighted by Gasteiger charge is -2.23. The van der Waals surface area contributed by atoms with Gasteiger partial charge in [0.2, 0.25) is 5.13 Å². The molecule has 5 aromatic rings. The topological polar surface area (TPSA) is 92.6 Å². The van der Waals surface area contributed by atoms with Crippen LogP contribution in [-0.2, 0) is 21.9 Å². The maximum absolute atomic E-state index is 13.6. The summed E-state index contributed by atoms with van der Waals surface area (Å²) in [5.41, 5.74) is 4.03. The number of carbonyl (C=O) groups is 2. The predicted octanol–water partition coefficient (Wildman–Crippen LogP) is 8.65. The summed E-state index contributed by atoms with van der Waals surface area (Å²) < 4.78 is 6.57. The Balaban J connectivity index is 1.32. The monoisotopic (exact) mass is 673 g/mol. The van der Waals surface area contributed by atoms with Gasteiger partial charge in [0.15, 0.2) is 4.34 Å². The van der Waals surface area contributed by atoms with Crippen molar-refractivity contribution in [2.24, 2.45) is 0 Å². The highest BCUT2D eigenvalue weighted by Crippen LogP contribution is 2.45. The molecule has 45 heavy (non-hydrogen) atoms. The number of aromatic nitrogens is 2. The summed E-state index contributed by atoms with van der Waals surface area (Å²) in [4.78, 5) is 28.4. The maximum atomic E-state index is 13.6. The molecule has 0 aliphatic carbocycles. The molecule has 0 saturated carbocycles. The van der Waals surface area contributed by atoms with E-state index in [1.165, 1.54) is 28.0 Å². The molecule has 1 aromatic heterocycles. The molecule has 0 bridgehead atoms. The van der Waals surface area contributed by atoms with Gasteiger partial charge in [0, 0.05) is 11.3 Å². The second-order valence-corrected chi connectivity index (χ2v) is 13.2. The minimum atomic E-state index is -1.02. The fraction of sp³-hybridized carbons (Fsp3) is 0.118. The minimum Gasteiger partial charge on any atom is -0.507 e. The first-order chi connectivity index (χ1) is 21.8. The summed E-state index contributed by atoms with van der Waals surface area (Å²) in [6.45, 7) is 2.40. The average Bonchev–Trinajstić information content (AvgIpc) is 3.63. The Morgan fingerprint density at radius 1 is 0.933 bits per heavy atom. The van der Waals surface area contributed by atoms with Crippen molar-refractivity contribution in [3.63, 3.8) is 0 Å². The molecule has 1 fully saturated rings. The Labute approximate surface area is 278 Å². The number of aryl methyl sites for hydroxylation is 1. The number of aliphatic hydroxyl groups is 1. The van der Waals surface area contributed by atoms with Crippen molar-refractivity contribution in [2.45, 2.75) is 29.7 Å². The zero-order valence-corrected chi connectivity index (χ0v) is 27.0. The molecular formula is C34H25Cl2N3O4S2. The molecule has 4 aromatic carbocycles. The molecule has 1 N–H and O–H groups in total. The van der Waals surface area contributed by atoms with E-state index in [1.807, 2.05) is 61.5 Å². The van der Waals surface area contributed by atoms with Gasteiger partial charge in [-0.3, -0.25) is 14.5 Å². The zero-order chi connectivity index (χ0) is 31.5. The quantitative estimate of drug-likeness (QED) is 0.0550. The van der Waals surface area contributed by atoms with Crippen LogP contribution in [0.4, 0.5) is 5.13 Å². The number of aliphatic hydroxyl groups excluding tert-OH is 1. The highest BCUT2D eigenvalue weighted by Gasteiger charge is 2.48. The zero-order valence-electron chi connectivity index (χ0n) is 23.8. The summed E-state index contributed by atoms with van der Waals surface area (Å²) >= 11 is 15.2. The van der Waals surface area contributed by atoms with Crippen molar-refractivity contribution in [1.82, 2.24) is 10.2 Å². The number of ether oxygens (including phenoxy) is 1. The Morgan fingerprint density at radius 3 is 2.40 bits per heavy atom. The number of nitrogens with zero attached hydrogens (tertiary/aromatic N) is 3. The van der Waals surface area contributed by atoms with E-state index in [4.69, 9.17) is 27.9 Å². The van der Waals surface area contributed by atoms with Crippen molar-refractivity contribution in [1.29, 1.82) is 0 Å². The fourth-order valence-electron chi connectivity index (χ4n) is 4.90. The van der Waals surface area contributed by atoms with Gasteiger partial charge in [0.1, 0.15) is 18.1 Å². The lowest BCUT2D eigenvalue weighted by molar-refractivity contribution is -0.132.